The number of aromatic nitrogens is 1. The van der Waals surface area contributed by atoms with Crippen LogP contribution in [0.2, 0.25) is 5.02 Å². The molecule has 0 saturated heterocycles. The summed E-state index contributed by atoms with van der Waals surface area (Å²) < 4.78 is 13.0. The molecule has 1 aliphatic heterocycles. The van der Waals surface area contributed by atoms with E-state index in [0.29, 0.717) is 42.7 Å². The number of hydrogen-bond acceptors (Lipinski definition) is 8. The summed E-state index contributed by atoms with van der Waals surface area (Å²) in [4.78, 5) is 42.2. The Morgan fingerprint density at radius 3 is 2.76 bits per heavy atom. The fraction of sp³-hybridized carbons (Fsp3) is 0.148. The van der Waals surface area contributed by atoms with Crippen LogP contribution in [-0.4, -0.2) is 22.1 Å². The smallest absolute Gasteiger partial charge is 0.338 e. The Morgan fingerprint density at radius 2 is 2.03 bits per heavy atom. The van der Waals surface area contributed by atoms with E-state index in [4.69, 9.17) is 20.8 Å². The van der Waals surface area contributed by atoms with Gasteiger partial charge in [-0.2, -0.15) is 0 Å². The molecular formula is C27H20ClN3O6S. The van der Waals surface area contributed by atoms with Gasteiger partial charge in [0.25, 0.3) is 11.2 Å². The van der Waals surface area contributed by atoms with Crippen LogP contribution in [0.3, 0.4) is 0 Å². The number of carbonyl (C=O) groups is 1. The van der Waals surface area contributed by atoms with Crippen molar-refractivity contribution < 1.29 is 18.9 Å². The van der Waals surface area contributed by atoms with Crippen LogP contribution in [0, 0.1) is 10.1 Å². The third-order valence-electron chi connectivity index (χ3n) is 5.96. The Kier molecular flexibility index (Phi) is 6.83. The third-order valence-corrected chi connectivity index (χ3v) is 7.29. The summed E-state index contributed by atoms with van der Waals surface area (Å²) in [5, 5.41) is 11.5. The molecule has 0 unspecified atom stereocenters. The molecule has 0 radical (unpaired) electrons. The highest BCUT2D eigenvalue weighted by molar-refractivity contribution is 7.07. The number of hydrogen-bond donors (Lipinski definition) is 0. The predicted octanol–water partition coefficient (Wildman–Crippen LogP) is 4.62. The lowest BCUT2D eigenvalue weighted by Gasteiger charge is -2.25. The molecule has 192 valence electrons. The Hall–Kier alpha value is -4.28. The van der Waals surface area contributed by atoms with Crippen molar-refractivity contribution in [1.29, 1.82) is 0 Å². The van der Waals surface area contributed by atoms with Crippen molar-refractivity contribution in [3.63, 3.8) is 0 Å². The van der Waals surface area contributed by atoms with Crippen LogP contribution in [-0.2, 0) is 9.53 Å². The molecule has 9 nitrogen and oxygen atoms in total. The first-order valence-corrected chi connectivity index (χ1v) is 12.8. The van der Waals surface area contributed by atoms with Crippen molar-refractivity contribution in [2.75, 3.05) is 6.61 Å². The molecule has 4 aromatic rings. The van der Waals surface area contributed by atoms with Crippen LogP contribution < -0.4 is 14.9 Å². The zero-order valence-electron chi connectivity index (χ0n) is 20.2. The van der Waals surface area contributed by atoms with Crippen molar-refractivity contribution in [3.8, 4) is 11.3 Å². The first kappa shape index (κ1) is 25.4. The van der Waals surface area contributed by atoms with E-state index < -0.39 is 16.9 Å². The maximum atomic E-state index is 13.7. The van der Waals surface area contributed by atoms with Crippen LogP contribution >= 0.6 is 22.9 Å². The maximum Gasteiger partial charge on any atom is 0.338 e. The standard InChI is InChI=1S/C27H20ClN3O6S/c1-3-36-26(33)23-15(2)29-27-30(24(23)19-9-4-5-10-20(19)28)25(32)22(38-27)14-18-11-12-21(37-18)16-7-6-8-17(13-16)31(34)35/h4-14,24H,3H2,1-2H3/b22-14-/t24-/m1/s1. The molecule has 5 rings (SSSR count). The Labute approximate surface area is 224 Å². The number of halogens is 1. The van der Waals surface area contributed by atoms with Gasteiger partial charge in [0.1, 0.15) is 17.6 Å². The van der Waals surface area contributed by atoms with Crippen LogP contribution in [0.25, 0.3) is 17.4 Å². The second-order valence-electron chi connectivity index (χ2n) is 8.33. The molecule has 3 heterocycles. The average Bonchev–Trinajstić information content (AvgIpc) is 3.48. The Balaban J connectivity index is 1.63. The number of nitro groups is 1. The van der Waals surface area contributed by atoms with E-state index in [2.05, 4.69) is 4.99 Å². The van der Waals surface area contributed by atoms with Gasteiger partial charge in [0, 0.05) is 28.8 Å². The summed E-state index contributed by atoms with van der Waals surface area (Å²) in [6.07, 6.45) is 1.58. The molecule has 38 heavy (non-hydrogen) atoms. The van der Waals surface area contributed by atoms with Gasteiger partial charge in [-0.3, -0.25) is 19.5 Å². The van der Waals surface area contributed by atoms with Gasteiger partial charge in [-0.15, -0.1) is 0 Å². The fourth-order valence-electron chi connectivity index (χ4n) is 4.27. The lowest BCUT2D eigenvalue weighted by atomic mass is 9.96. The lowest BCUT2D eigenvalue weighted by Crippen LogP contribution is -2.40. The molecule has 11 heteroatoms. The second-order valence-corrected chi connectivity index (χ2v) is 9.75. The fourth-order valence-corrected chi connectivity index (χ4v) is 5.54. The van der Waals surface area contributed by atoms with Gasteiger partial charge in [-0.25, -0.2) is 9.79 Å². The predicted molar refractivity (Wildman–Crippen MR) is 143 cm³/mol. The first-order chi connectivity index (χ1) is 18.3. The molecule has 2 aromatic carbocycles. The number of rotatable bonds is 6. The summed E-state index contributed by atoms with van der Waals surface area (Å²) >= 11 is 7.67. The number of thiazole rings is 1. The number of allylic oxidation sites excluding steroid dienone is 1. The summed E-state index contributed by atoms with van der Waals surface area (Å²) in [7, 11) is 0. The Bertz CT molecular complexity index is 1800. The van der Waals surface area contributed by atoms with Crippen molar-refractivity contribution in [1.82, 2.24) is 4.57 Å². The first-order valence-electron chi connectivity index (χ1n) is 11.6. The van der Waals surface area contributed by atoms with Crippen molar-refractivity contribution in [3.05, 3.63) is 118 Å². The van der Waals surface area contributed by atoms with Crippen molar-refractivity contribution >= 4 is 40.7 Å². The minimum absolute atomic E-state index is 0.0545. The molecule has 0 bridgehead atoms. The molecule has 0 saturated carbocycles. The zero-order chi connectivity index (χ0) is 27.0. The highest BCUT2D eigenvalue weighted by Crippen LogP contribution is 2.34. The lowest BCUT2D eigenvalue weighted by molar-refractivity contribution is -0.384. The molecule has 0 fully saturated rings. The van der Waals surface area contributed by atoms with E-state index in [-0.39, 0.29) is 23.4 Å². The largest absolute Gasteiger partial charge is 0.463 e. The number of non-ortho nitro benzene ring substituents is 1. The molecule has 0 amide bonds. The zero-order valence-corrected chi connectivity index (χ0v) is 21.8. The number of ether oxygens (including phenoxy) is 1. The number of carbonyl (C=O) groups excluding carboxylic acids is 1. The number of nitro benzene ring substituents is 1. The van der Waals surface area contributed by atoms with E-state index in [9.17, 15) is 19.7 Å². The molecule has 0 aliphatic carbocycles. The molecule has 2 aromatic heterocycles. The van der Waals surface area contributed by atoms with E-state index in [0.717, 1.165) is 11.3 Å². The highest BCUT2D eigenvalue weighted by Gasteiger charge is 2.34. The van der Waals surface area contributed by atoms with Gasteiger partial charge >= 0.3 is 5.97 Å². The number of benzene rings is 2. The van der Waals surface area contributed by atoms with E-state index >= 15 is 0 Å². The topological polar surface area (TPSA) is 117 Å². The molecular weight excluding hydrogens is 530 g/mol. The summed E-state index contributed by atoms with van der Waals surface area (Å²) in [5.74, 6) is 0.232. The number of furan rings is 1. The van der Waals surface area contributed by atoms with Gasteiger partial charge in [-0.1, -0.05) is 53.3 Å². The molecule has 0 N–H and O–H groups in total. The summed E-state index contributed by atoms with van der Waals surface area (Å²) in [6, 6.07) is 15.6. The number of nitrogens with zero attached hydrogens (tertiary/aromatic N) is 3. The van der Waals surface area contributed by atoms with Crippen LogP contribution in [0.5, 0.6) is 0 Å². The minimum Gasteiger partial charge on any atom is -0.463 e. The number of esters is 1. The highest BCUT2D eigenvalue weighted by atomic mass is 35.5. The van der Waals surface area contributed by atoms with E-state index in [1.54, 1.807) is 68.5 Å². The molecule has 1 aliphatic rings. The second kappa shape index (κ2) is 10.2. The van der Waals surface area contributed by atoms with Crippen LogP contribution in [0.15, 0.2) is 86.1 Å². The minimum atomic E-state index is -0.821. The van der Waals surface area contributed by atoms with Crippen LogP contribution in [0.1, 0.15) is 31.2 Å². The molecule has 0 spiro atoms. The summed E-state index contributed by atoms with van der Waals surface area (Å²) in [5.41, 5.74) is 1.36. The van der Waals surface area contributed by atoms with Crippen molar-refractivity contribution in [2.45, 2.75) is 19.9 Å². The van der Waals surface area contributed by atoms with Gasteiger partial charge in [0.2, 0.25) is 0 Å². The average molecular weight is 550 g/mol. The normalized spacial score (nSPS) is 15.2. The van der Waals surface area contributed by atoms with E-state index in [1.165, 1.54) is 16.7 Å². The number of fused-ring (bicyclic) bond motifs is 1. The van der Waals surface area contributed by atoms with Gasteiger partial charge < -0.3 is 9.15 Å². The quantitative estimate of drug-likeness (QED) is 0.197. The Morgan fingerprint density at radius 1 is 1.24 bits per heavy atom. The van der Waals surface area contributed by atoms with Crippen LogP contribution in [0.4, 0.5) is 5.69 Å². The maximum absolute atomic E-state index is 13.7. The summed E-state index contributed by atoms with van der Waals surface area (Å²) in [6.45, 7) is 3.57. The van der Waals surface area contributed by atoms with E-state index in [1.807, 2.05) is 0 Å². The SMILES string of the molecule is CCOC(=O)C1=C(C)N=c2s/c(=C\c3ccc(-c4cccc([N+](=O)[O-])c4)o3)c(=O)n2[C@@H]1c1ccccc1Cl. The molecule has 1 atom stereocenters. The van der Waals surface area contributed by atoms with Gasteiger partial charge in [0.15, 0.2) is 4.80 Å². The van der Waals surface area contributed by atoms with Gasteiger partial charge in [-0.05, 0) is 37.6 Å². The third kappa shape index (κ3) is 4.59. The van der Waals surface area contributed by atoms with Gasteiger partial charge in [0.05, 0.1) is 27.3 Å². The monoisotopic (exact) mass is 549 g/mol. The van der Waals surface area contributed by atoms with Crippen molar-refractivity contribution in [2.24, 2.45) is 4.99 Å².